The average molecular weight is 304 g/mol. The smallest absolute Gasteiger partial charge is 0.318 e. The third kappa shape index (κ3) is 3.97. The van der Waals surface area contributed by atoms with Crippen LogP contribution in [0.3, 0.4) is 0 Å². The van der Waals surface area contributed by atoms with Crippen molar-refractivity contribution < 1.29 is 9.59 Å². The van der Waals surface area contributed by atoms with Crippen molar-refractivity contribution in [3.63, 3.8) is 0 Å². The number of halogens is 1. The van der Waals surface area contributed by atoms with E-state index in [4.69, 9.17) is 11.6 Å². The zero-order valence-corrected chi connectivity index (χ0v) is 12.1. The molecule has 0 saturated heterocycles. The lowest BCUT2D eigenvalue weighted by Gasteiger charge is -2.09. The minimum absolute atomic E-state index is 0.308. The Hall–Kier alpha value is -2.53. The van der Waals surface area contributed by atoms with Crippen molar-refractivity contribution >= 4 is 34.9 Å². The van der Waals surface area contributed by atoms with Gasteiger partial charge in [-0.05, 0) is 30.3 Å². The summed E-state index contributed by atoms with van der Waals surface area (Å²) in [6.07, 6.45) is 0. The van der Waals surface area contributed by atoms with Crippen LogP contribution < -0.4 is 16.0 Å². The van der Waals surface area contributed by atoms with Crippen molar-refractivity contribution in [3.05, 3.63) is 59.1 Å². The van der Waals surface area contributed by atoms with Crippen LogP contribution in [-0.4, -0.2) is 19.0 Å². The van der Waals surface area contributed by atoms with Crippen LogP contribution in [0.4, 0.5) is 16.2 Å². The third-order valence-corrected chi connectivity index (χ3v) is 3.05. The van der Waals surface area contributed by atoms with Crippen LogP contribution >= 0.6 is 11.6 Å². The summed E-state index contributed by atoms with van der Waals surface area (Å²) in [6.45, 7) is 0. The maximum absolute atomic E-state index is 12.1. The van der Waals surface area contributed by atoms with Crippen molar-refractivity contribution in [2.24, 2.45) is 0 Å². The first-order valence-electron chi connectivity index (χ1n) is 6.25. The normalized spacial score (nSPS) is 9.81. The minimum atomic E-state index is -0.329. The van der Waals surface area contributed by atoms with E-state index in [1.54, 1.807) is 48.5 Å². The van der Waals surface area contributed by atoms with Gasteiger partial charge in [-0.25, -0.2) is 4.79 Å². The highest BCUT2D eigenvalue weighted by molar-refractivity contribution is 6.34. The van der Waals surface area contributed by atoms with Gasteiger partial charge >= 0.3 is 6.03 Å². The fourth-order valence-corrected chi connectivity index (χ4v) is 1.93. The van der Waals surface area contributed by atoms with E-state index in [1.807, 2.05) is 0 Å². The van der Waals surface area contributed by atoms with E-state index in [2.05, 4.69) is 16.0 Å². The van der Waals surface area contributed by atoms with Crippen LogP contribution in [0.1, 0.15) is 10.4 Å². The average Bonchev–Trinajstić information content (AvgIpc) is 2.47. The number of amides is 3. The van der Waals surface area contributed by atoms with Gasteiger partial charge in [-0.2, -0.15) is 0 Å². The molecule has 5 nitrogen and oxygen atoms in total. The molecule has 0 aromatic heterocycles. The van der Waals surface area contributed by atoms with Crippen molar-refractivity contribution in [1.29, 1.82) is 0 Å². The van der Waals surface area contributed by atoms with Crippen LogP contribution in [0.15, 0.2) is 48.5 Å². The summed E-state index contributed by atoms with van der Waals surface area (Å²) < 4.78 is 0. The Kier molecular flexibility index (Phi) is 4.79. The van der Waals surface area contributed by atoms with Gasteiger partial charge in [0, 0.05) is 18.4 Å². The molecule has 3 amide bonds. The monoisotopic (exact) mass is 303 g/mol. The first kappa shape index (κ1) is 14.9. The van der Waals surface area contributed by atoms with Gasteiger partial charge in [0.15, 0.2) is 0 Å². The molecule has 0 aliphatic carbocycles. The topological polar surface area (TPSA) is 70.2 Å². The van der Waals surface area contributed by atoms with Gasteiger partial charge in [-0.1, -0.05) is 29.8 Å². The molecule has 0 saturated carbocycles. The first-order valence-corrected chi connectivity index (χ1v) is 6.62. The second kappa shape index (κ2) is 6.76. The van der Waals surface area contributed by atoms with Crippen molar-refractivity contribution in [2.45, 2.75) is 0 Å². The summed E-state index contributed by atoms with van der Waals surface area (Å²) in [5, 5.41) is 8.20. The summed E-state index contributed by atoms with van der Waals surface area (Å²) in [4.78, 5) is 23.4. The molecule has 2 aromatic rings. The largest absolute Gasteiger partial charge is 0.341 e. The van der Waals surface area contributed by atoms with Crippen molar-refractivity contribution in [1.82, 2.24) is 5.32 Å². The van der Waals surface area contributed by atoms with E-state index < -0.39 is 0 Å². The Morgan fingerprint density at radius 1 is 0.952 bits per heavy atom. The molecule has 0 aliphatic heterocycles. The molecule has 2 aromatic carbocycles. The van der Waals surface area contributed by atoms with E-state index in [1.165, 1.54) is 7.05 Å². The predicted octanol–water partition coefficient (Wildman–Crippen LogP) is 3.34. The summed E-state index contributed by atoms with van der Waals surface area (Å²) >= 11 is 5.98. The minimum Gasteiger partial charge on any atom is -0.341 e. The predicted molar refractivity (Wildman–Crippen MR) is 83.9 cm³/mol. The summed E-state index contributed by atoms with van der Waals surface area (Å²) in [5.74, 6) is -0.308. The Balaban J connectivity index is 2.13. The van der Waals surface area contributed by atoms with Gasteiger partial charge in [-0.3, -0.25) is 4.79 Å². The van der Waals surface area contributed by atoms with Crippen LogP contribution in [0, 0.1) is 0 Å². The van der Waals surface area contributed by atoms with Gasteiger partial charge in [0.25, 0.3) is 5.91 Å². The summed E-state index contributed by atoms with van der Waals surface area (Å²) in [6, 6.07) is 13.3. The lowest BCUT2D eigenvalue weighted by Crippen LogP contribution is -2.24. The van der Waals surface area contributed by atoms with Gasteiger partial charge in [0.2, 0.25) is 0 Å². The summed E-state index contributed by atoms with van der Waals surface area (Å²) in [7, 11) is 1.53. The number of nitrogens with one attached hydrogen (secondary N) is 3. The number of carbonyl (C=O) groups is 2. The first-order chi connectivity index (χ1) is 10.1. The molecular formula is C15H14ClN3O2. The van der Waals surface area contributed by atoms with Crippen LogP contribution in [0.2, 0.25) is 5.02 Å². The highest BCUT2D eigenvalue weighted by atomic mass is 35.5. The number of hydrogen-bond acceptors (Lipinski definition) is 2. The molecule has 0 heterocycles. The lowest BCUT2D eigenvalue weighted by atomic mass is 10.2. The van der Waals surface area contributed by atoms with E-state index in [0.29, 0.717) is 22.0 Å². The molecular weight excluding hydrogens is 290 g/mol. The molecule has 0 aliphatic rings. The summed E-state index contributed by atoms with van der Waals surface area (Å²) in [5.41, 5.74) is 1.53. The molecule has 21 heavy (non-hydrogen) atoms. The highest BCUT2D eigenvalue weighted by Crippen LogP contribution is 2.19. The molecule has 108 valence electrons. The Bertz CT molecular complexity index is 673. The van der Waals surface area contributed by atoms with E-state index in [0.717, 1.165) is 0 Å². The molecule has 3 N–H and O–H groups in total. The van der Waals surface area contributed by atoms with E-state index in [9.17, 15) is 9.59 Å². The molecule has 0 bridgehead atoms. The standard InChI is InChI=1S/C15H14ClN3O2/c1-17-15(21)19-11-6-4-5-10(9-11)18-14(20)12-7-2-3-8-13(12)16/h2-9H,1H3,(H,18,20)(H2,17,19,21). The Morgan fingerprint density at radius 2 is 1.62 bits per heavy atom. The molecule has 6 heteroatoms. The number of urea groups is 1. The maximum Gasteiger partial charge on any atom is 0.318 e. The van der Waals surface area contributed by atoms with Gasteiger partial charge in [0.05, 0.1) is 10.6 Å². The maximum atomic E-state index is 12.1. The molecule has 0 fully saturated rings. The second-order valence-corrected chi connectivity index (χ2v) is 4.63. The number of rotatable bonds is 3. The highest BCUT2D eigenvalue weighted by Gasteiger charge is 2.10. The fraction of sp³-hybridized carbons (Fsp3) is 0.0667. The fourth-order valence-electron chi connectivity index (χ4n) is 1.71. The molecule has 2 rings (SSSR count). The van der Waals surface area contributed by atoms with Gasteiger partial charge < -0.3 is 16.0 Å². The van der Waals surface area contributed by atoms with Gasteiger partial charge in [0.1, 0.15) is 0 Å². The quantitative estimate of drug-likeness (QED) is 0.814. The van der Waals surface area contributed by atoms with Crippen molar-refractivity contribution in [3.8, 4) is 0 Å². The number of carbonyl (C=O) groups excluding carboxylic acids is 2. The van der Waals surface area contributed by atoms with E-state index in [-0.39, 0.29) is 11.9 Å². The zero-order valence-electron chi connectivity index (χ0n) is 11.3. The Labute approximate surface area is 127 Å². The number of hydrogen-bond donors (Lipinski definition) is 3. The van der Waals surface area contributed by atoms with E-state index >= 15 is 0 Å². The zero-order chi connectivity index (χ0) is 15.2. The third-order valence-electron chi connectivity index (χ3n) is 2.72. The van der Waals surface area contributed by atoms with Crippen molar-refractivity contribution in [2.75, 3.05) is 17.7 Å². The number of benzene rings is 2. The van der Waals surface area contributed by atoms with Crippen LogP contribution in [0.25, 0.3) is 0 Å². The molecule has 0 spiro atoms. The van der Waals surface area contributed by atoms with Crippen LogP contribution in [-0.2, 0) is 0 Å². The second-order valence-electron chi connectivity index (χ2n) is 4.22. The van der Waals surface area contributed by atoms with Crippen LogP contribution in [0.5, 0.6) is 0 Å². The Morgan fingerprint density at radius 3 is 2.29 bits per heavy atom. The van der Waals surface area contributed by atoms with Gasteiger partial charge in [-0.15, -0.1) is 0 Å². The molecule has 0 radical (unpaired) electrons. The number of anilines is 2. The molecule has 0 atom stereocenters. The SMILES string of the molecule is CNC(=O)Nc1cccc(NC(=O)c2ccccc2Cl)c1. The molecule has 0 unspecified atom stereocenters. The lowest BCUT2D eigenvalue weighted by molar-refractivity contribution is 0.102.